The molecule has 1 unspecified atom stereocenters. The molecule has 0 radical (unpaired) electrons. The molecule has 1 heterocycles. The van der Waals surface area contributed by atoms with E-state index in [0.717, 1.165) is 14.9 Å². The Morgan fingerprint density at radius 1 is 1.39 bits per heavy atom. The summed E-state index contributed by atoms with van der Waals surface area (Å²) in [6.45, 7) is 4.58. The zero-order valence-electron chi connectivity index (χ0n) is 10.6. The molecule has 4 heteroatoms. The average molecular weight is 312 g/mol. The van der Waals surface area contributed by atoms with Gasteiger partial charge in [0.25, 0.3) is 0 Å². The van der Waals surface area contributed by atoms with Crippen molar-refractivity contribution in [3.63, 3.8) is 0 Å². The highest BCUT2D eigenvalue weighted by Gasteiger charge is 2.19. The fourth-order valence-corrected chi connectivity index (χ4v) is 2.04. The summed E-state index contributed by atoms with van der Waals surface area (Å²) in [5.41, 5.74) is -0.215. The Morgan fingerprint density at radius 3 is 2.89 bits per heavy atom. The molecule has 0 aliphatic carbocycles. The normalized spacial score (nSPS) is 18.3. The van der Waals surface area contributed by atoms with Crippen molar-refractivity contribution in [2.45, 2.75) is 20.1 Å². The number of aliphatic hydroxyl groups is 1. The zero-order valence-corrected chi connectivity index (χ0v) is 12.2. The van der Waals surface area contributed by atoms with Crippen molar-refractivity contribution in [2.24, 2.45) is 5.41 Å². The molecule has 18 heavy (non-hydrogen) atoms. The number of aliphatic hydroxyl groups excluding tert-OH is 1. The summed E-state index contributed by atoms with van der Waals surface area (Å²) >= 11 is 3.46. The largest absolute Gasteiger partial charge is 0.396 e. The van der Waals surface area contributed by atoms with E-state index in [2.05, 4.69) is 33.4 Å². The summed E-state index contributed by atoms with van der Waals surface area (Å²) in [5, 5.41) is 14.7. The van der Waals surface area contributed by atoms with Gasteiger partial charge in [-0.15, -0.1) is 0 Å². The lowest BCUT2D eigenvalue weighted by Crippen LogP contribution is -2.41. The van der Waals surface area contributed by atoms with Gasteiger partial charge in [0.05, 0.1) is 13.2 Å². The quantitative estimate of drug-likeness (QED) is 0.869. The van der Waals surface area contributed by atoms with Crippen molar-refractivity contribution in [3.05, 3.63) is 33.1 Å². The minimum absolute atomic E-state index is 0.117. The summed E-state index contributed by atoms with van der Waals surface area (Å²) in [7, 11) is 0. The maximum absolute atomic E-state index is 9.19. The van der Waals surface area contributed by atoms with Crippen LogP contribution in [0.2, 0.25) is 0 Å². The lowest BCUT2D eigenvalue weighted by molar-refractivity contribution is 0.00129. The molecule has 0 amide bonds. The van der Waals surface area contributed by atoms with Gasteiger partial charge in [-0.05, 0) is 28.6 Å². The monoisotopic (exact) mass is 311 g/mol. The maximum Gasteiger partial charge on any atom is 0.147 e. The molecule has 1 atom stereocenters. The van der Waals surface area contributed by atoms with Crippen LogP contribution in [0.15, 0.2) is 22.7 Å². The second kappa shape index (κ2) is 5.43. The van der Waals surface area contributed by atoms with Crippen LogP contribution in [0.5, 0.6) is 0 Å². The van der Waals surface area contributed by atoms with E-state index >= 15 is 0 Å². The summed E-state index contributed by atoms with van der Waals surface area (Å²) in [5.74, 6) is 0. The molecule has 0 fully saturated rings. The third-order valence-electron chi connectivity index (χ3n) is 2.86. The van der Waals surface area contributed by atoms with Crippen LogP contribution in [0, 0.1) is 5.41 Å². The Kier molecular flexibility index (Phi) is 4.10. The van der Waals surface area contributed by atoms with Crippen LogP contribution in [0.25, 0.3) is 12.3 Å². The van der Waals surface area contributed by atoms with Gasteiger partial charge < -0.3 is 15.2 Å². The predicted octanol–water partition coefficient (Wildman–Crippen LogP) is 0.932. The van der Waals surface area contributed by atoms with Gasteiger partial charge in [-0.1, -0.05) is 35.8 Å². The van der Waals surface area contributed by atoms with Crippen molar-refractivity contribution in [1.82, 2.24) is 5.32 Å². The first kappa shape index (κ1) is 13.6. The second-order valence-electron chi connectivity index (χ2n) is 5.30. The standard InChI is InChI=1S/C14H18BrNO2/c1-14(2,8-17)9-18-13-6-11-5-12(15)4-3-10(11)7-16-13/h3-7,13,16-17H,8-9H2,1-2H3. The van der Waals surface area contributed by atoms with E-state index in [4.69, 9.17) is 4.74 Å². The highest BCUT2D eigenvalue weighted by atomic mass is 79.9. The molecule has 1 aliphatic rings. The van der Waals surface area contributed by atoms with Crippen molar-refractivity contribution >= 4 is 28.2 Å². The number of benzene rings is 1. The van der Waals surface area contributed by atoms with Gasteiger partial charge in [-0.3, -0.25) is 0 Å². The summed E-state index contributed by atoms with van der Waals surface area (Å²) < 4.78 is 6.82. The lowest BCUT2D eigenvalue weighted by atomic mass is 9.96. The second-order valence-corrected chi connectivity index (χ2v) is 6.22. The molecule has 0 aromatic heterocycles. The minimum atomic E-state index is -0.215. The number of rotatable bonds is 4. The Labute approximate surface area is 115 Å². The van der Waals surface area contributed by atoms with Crippen LogP contribution in [-0.4, -0.2) is 24.5 Å². The Morgan fingerprint density at radius 2 is 2.17 bits per heavy atom. The van der Waals surface area contributed by atoms with E-state index in [-0.39, 0.29) is 18.2 Å². The van der Waals surface area contributed by atoms with E-state index in [1.807, 2.05) is 32.2 Å². The van der Waals surface area contributed by atoms with Gasteiger partial charge in [0.2, 0.25) is 0 Å². The number of hydrogen-bond donors (Lipinski definition) is 2. The van der Waals surface area contributed by atoms with Crippen LogP contribution in [0.1, 0.15) is 13.8 Å². The van der Waals surface area contributed by atoms with Crippen molar-refractivity contribution in [1.29, 1.82) is 0 Å². The minimum Gasteiger partial charge on any atom is -0.396 e. The molecule has 0 saturated carbocycles. The Balaban J connectivity index is 2.11. The molecule has 0 saturated heterocycles. The topological polar surface area (TPSA) is 41.5 Å². The third-order valence-corrected chi connectivity index (χ3v) is 3.36. The first-order valence-electron chi connectivity index (χ1n) is 5.96. The van der Waals surface area contributed by atoms with Gasteiger partial charge in [0.15, 0.2) is 0 Å². The third kappa shape index (κ3) is 3.34. The van der Waals surface area contributed by atoms with Crippen LogP contribution in [0.3, 0.4) is 0 Å². The Hall–Kier alpha value is -0.840. The van der Waals surface area contributed by atoms with Crippen LogP contribution in [0.4, 0.5) is 0 Å². The van der Waals surface area contributed by atoms with E-state index in [0.29, 0.717) is 6.61 Å². The van der Waals surface area contributed by atoms with Gasteiger partial charge in [0, 0.05) is 16.1 Å². The van der Waals surface area contributed by atoms with E-state index in [9.17, 15) is 5.11 Å². The van der Waals surface area contributed by atoms with E-state index < -0.39 is 0 Å². The molecule has 98 valence electrons. The number of hydrogen-bond acceptors (Lipinski definition) is 3. The highest BCUT2D eigenvalue weighted by Crippen LogP contribution is 2.14. The number of halogens is 1. The average Bonchev–Trinajstić information content (AvgIpc) is 2.36. The maximum atomic E-state index is 9.19. The first-order chi connectivity index (χ1) is 8.50. The fourth-order valence-electron chi connectivity index (χ4n) is 1.66. The highest BCUT2D eigenvalue weighted by molar-refractivity contribution is 9.10. The molecule has 1 aliphatic heterocycles. The summed E-state index contributed by atoms with van der Waals surface area (Å²) in [6, 6.07) is 6.14. The fraction of sp³-hybridized carbons (Fsp3) is 0.429. The van der Waals surface area contributed by atoms with Gasteiger partial charge in [-0.25, -0.2) is 0 Å². The molecule has 0 bridgehead atoms. The van der Waals surface area contributed by atoms with E-state index in [1.54, 1.807) is 0 Å². The number of nitrogens with one attached hydrogen (secondary N) is 1. The van der Waals surface area contributed by atoms with Gasteiger partial charge in [-0.2, -0.15) is 0 Å². The van der Waals surface area contributed by atoms with Crippen molar-refractivity contribution < 1.29 is 9.84 Å². The van der Waals surface area contributed by atoms with Gasteiger partial charge in [0.1, 0.15) is 6.23 Å². The number of ether oxygens (including phenoxy) is 1. The number of fused-ring (bicyclic) bond motifs is 1. The predicted molar refractivity (Wildman–Crippen MR) is 76.1 cm³/mol. The first-order valence-corrected chi connectivity index (χ1v) is 6.76. The smallest absolute Gasteiger partial charge is 0.147 e. The molecule has 1 aromatic carbocycles. The van der Waals surface area contributed by atoms with Crippen LogP contribution >= 0.6 is 15.9 Å². The summed E-state index contributed by atoms with van der Waals surface area (Å²) in [4.78, 5) is 0. The summed E-state index contributed by atoms with van der Waals surface area (Å²) in [6.07, 6.45) is 3.86. The van der Waals surface area contributed by atoms with Crippen LogP contribution in [-0.2, 0) is 4.74 Å². The Bertz CT molecular complexity index is 539. The zero-order chi connectivity index (χ0) is 13.2. The SMILES string of the molecule is CC(C)(CO)COC1C=c2cc(Br)ccc2=CN1. The van der Waals surface area contributed by atoms with Crippen LogP contribution < -0.4 is 15.8 Å². The van der Waals surface area contributed by atoms with Gasteiger partial charge >= 0.3 is 0 Å². The molecule has 2 rings (SSSR count). The lowest BCUT2D eigenvalue weighted by Gasteiger charge is -2.25. The van der Waals surface area contributed by atoms with E-state index in [1.165, 1.54) is 0 Å². The van der Waals surface area contributed by atoms with Crippen molar-refractivity contribution in [3.8, 4) is 0 Å². The van der Waals surface area contributed by atoms with Crippen molar-refractivity contribution in [2.75, 3.05) is 13.2 Å². The molecular formula is C14H18BrNO2. The molecule has 1 aromatic rings. The molecule has 3 nitrogen and oxygen atoms in total. The molecular weight excluding hydrogens is 294 g/mol. The molecule has 2 N–H and O–H groups in total. The molecule has 0 spiro atoms.